The van der Waals surface area contributed by atoms with E-state index in [2.05, 4.69) is 0 Å². The number of nitrogens with two attached hydrogens (primary N) is 1. The SMILES string of the molecule is CN(CC1(O)CCCC1)C(=O)c1ccc(F)cc1N. The summed E-state index contributed by atoms with van der Waals surface area (Å²) in [7, 11) is 1.63. The van der Waals surface area contributed by atoms with Gasteiger partial charge in [-0.25, -0.2) is 4.39 Å². The number of benzene rings is 1. The molecule has 1 aliphatic rings. The molecule has 104 valence electrons. The molecule has 5 heteroatoms. The van der Waals surface area contributed by atoms with Crippen molar-refractivity contribution in [2.45, 2.75) is 31.3 Å². The first-order chi connectivity index (χ1) is 8.91. The smallest absolute Gasteiger partial charge is 0.255 e. The third-order valence-electron chi connectivity index (χ3n) is 3.66. The number of amides is 1. The van der Waals surface area contributed by atoms with Crippen LogP contribution in [0.2, 0.25) is 0 Å². The van der Waals surface area contributed by atoms with Crippen molar-refractivity contribution in [3.63, 3.8) is 0 Å². The Labute approximate surface area is 112 Å². The highest BCUT2D eigenvalue weighted by molar-refractivity contribution is 5.99. The van der Waals surface area contributed by atoms with Crippen LogP contribution in [0.5, 0.6) is 0 Å². The Morgan fingerprint density at radius 1 is 1.47 bits per heavy atom. The van der Waals surface area contributed by atoms with Crippen LogP contribution in [0.1, 0.15) is 36.0 Å². The van der Waals surface area contributed by atoms with Crippen LogP contribution < -0.4 is 5.73 Å². The van der Waals surface area contributed by atoms with Crippen LogP contribution in [0.25, 0.3) is 0 Å². The van der Waals surface area contributed by atoms with Gasteiger partial charge in [0.25, 0.3) is 5.91 Å². The third-order valence-corrected chi connectivity index (χ3v) is 3.66. The van der Waals surface area contributed by atoms with Gasteiger partial charge in [0.2, 0.25) is 0 Å². The zero-order valence-corrected chi connectivity index (χ0v) is 11.0. The molecule has 0 radical (unpaired) electrons. The lowest BCUT2D eigenvalue weighted by atomic mass is 10.0. The van der Waals surface area contributed by atoms with E-state index in [-0.39, 0.29) is 23.7 Å². The van der Waals surface area contributed by atoms with E-state index in [1.807, 2.05) is 0 Å². The summed E-state index contributed by atoms with van der Waals surface area (Å²) in [6.07, 6.45) is 3.39. The molecule has 4 nitrogen and oxygen atoms in total. The molecule has 3 N–H and O–H groups in total. The van der Waals surface area contributed by atoms with Crippen LogP contribution in [-0.2, 0) is 0 Å². The Balaban J connectivity index is 2.10. The largest absolute Gasteiger partial charge is 0.398 e. The highest BCUT2D eigenvalue weighted by atomic mass is 19.1. The number of carbonyl (C=O) groups is 1. The summed E-state index contributed by atoms with van der Waals surface area (Å²) < 4.78 is 13.0. The summed E-state index contributed by atoms with van der Waals surface area (Å²) in [5.74, 6) is -0.760. The molecular formula is C14H19FN2O2. The third kappa shape index (κ3) is 3.04. The summed E-state index contributed by atoms with van der Waals surface area (Å²) in [6.45, 7) is 0.280. The average molecular weight is 266 g/mol. The molecule has 0 aromatic heterocycles. The van der Waals surface area contributed by atoms with E-state index in [1.54, 1.807) is 7.05 Å². The van der Waals surface area contributed by atoms with Crippen molar-refractivity contribution in [3.05, 3.63) is 29.6 Å². The highest BCUT2D eigenvalue weighted by Crippen LogP contribution is 2.30. The Kier molecular flexibility index (Phi) is 3.75. The summed E-state index contributed by atoms with van der Waals surface area (Å²) >= 11 is 0. The molecule has 1 aromatic rings. The second kappa shape index (κ2) is 5.17. The molecule has 1 amide bonds. The summed E-state index contributed by atoms with van der Waals surface area (Å²) in [5, 5.41) is 10.3. The van der Waals surface area contributed by atoms with Gasteiger partial charge in [0.05, 0.1) is 11.2 Å². The number of nitrogens with zero attached hydrogens (tertiary/aromatic N) is 1. The monoisotopic (exact) mass is 266 g/mol. The number of aliphatic hydroxyl groups is 1. The average Bonchev–Trinajstić information content (AvgIpc) is 2.75. The van der Waals surface area contributed by atoms with Crippen LogP contribution in [0.15, 0.2) is 18.2 Å². The fourth-order valence-corrected chi connectivity index (χ4v) is 2.64. The molecular weight excluding hydrogens is 247 g/mol. The van der Waals surface area contributed by atoms with Crippen LogP contribution in [-0.4, -0.2) is 35.1 Å². The Morgan fingerprint density at radius 2 is 2.11 bits per heavy atom. The number of anilines is 1. The van der Waals surface area contributed by atoms with Crippen molar-refractivity contribution in [2.75, 3.05) is 19.3 Å². The highest BCUT2D eigenvalue weighted by Gasteiger charge is 2.33. The maximum atomic E-state index is 13.0. The van der Waals surface area contributed by atoms with Gasteiger partial charge in [0, 0.05) is 19.3 Å². The van der Waals surface area contributed by atoms with Gasteiger partial charge in [-0.1, -0.05) is 12.8 Å². The van der Waals surface area contributed by atoms with Crippen molar-refractivity contribution < 1.29 is 14.3 Å². The molecule has 0 aliphatic heterocycles. The van der Waals surface area contributed by atoms with E-state index in [4.69, 9.17) is 5.73 Å². The first-order valence-electron chi connectivity index (χ1n) is 6.44. The summed E-state index contributed by atoms with van der Waals surface area (Å²) in [5.41, 5.74) is 5.25. The first-order valence-corrected chi connectivity index (χ1v) is 6.44. The second-order valence-corrected chi connectivity index (χ2v) is 5.32. The van der Waals surface area contributed by atoms with E-state index < -0.39 is 11.4 Å². The lowest BCUT2D eigenvalue weighted by Crippen LogP contribution is -2.42. The molecule has 0 bridgehead atoms. The van der Waals surface area contributed by atoms with E-state index in [0.717, 1.165) is 18.9 Å². The topological polar surface area (TPSA) is 66.6 Å². The fourth-order valence-electron chi connectivity index (χ4n) is 2.64. The minimum absolute atomic E-state index is 0.121. The van der Waals surface area contributed by atoms with Gasteiger partial charge in [-0.05, 0) is 31.0 Å². The number of carbonyl (C=O) groups excluding carboxylic acids is 1. The lowest BCUT2D eigenvalue weighted by Gasteiger charge is -2.28. The van der Waals surface area contributed by atoms with E-state index >= 15 is 0 Å². The molecule has 0 saturated heterocycles. The molecule has 1 aliphatic carbocycles. The van der Waals surface area contributed by atoms with Crippen molar-refractivity contribution in [1.82, 2.24) is 4.90 Å². The molecule has 2 rings (SSSR count). The number of rotatable bonds is 3. The molecule has 1 fully saturated rings. The van der Waals surface area contributed by atoms with E-state index in [9.17, 15) is 14.3 Å². The van der Waals surface area contributed by atoms with Gasteiger partial charge in [0.15, 0.2) is 0 Å². The quantitative estimate of drug-likeness (QED) is 0.820. The van der Waals surface area contributed by atoms with Gasteiger partial charge in [0.1, 0.15) is 5.82 Å². The van der Waals surface area contributed by atoms with Gasteiger partial charge in [-0.15, -0.1) is 0 Å². The summed E-state index contributed by atoms with van der Waals surface area (Å²) in [4.78, 5) is 13.7. The van der Waals surface area contributed by atoms with Crippen LogP contribution in [0.4, 0.5) is 10.1 Å². The maximum Gasteiger partial charge on any atom is 0.255 e. The van der Waals surface area contributed by atoms with E-state index in [0.29, 0.717) is 12.8 Å². The Morgan fingerprint density at radius 3 is 2.68 bits per heavy atom. The zero-order chi connectivity index (χ0) is 14.0. The van der Waals surface area contributed by atoms with Crippen LogP contribution in [0, 0.1) is 5.82 Å². The van der Waals surface area contributed by atoms with Crippen molar-refractivity contribution >= 4 is 11.6 Å². The number of hydrogen-bond donors (Lipinski definition) is 2. The second-order valence-electron chi connectivity index (χ2n) is 5.32. The van der Waals surface area contributed by atoms with Gasteiger partial charge in [-0.2, -0.15) is 0 Å². The van der Waals surface area contributed by atoms with E-state index in [1.165, 1.54) is 17.0 Å². The molecule has 1 saturated carbocycles. The number of likely N-dealkylation sites (N-methyl/N-ethyl adjacent to an activating group) is 1. The number of nitrogen functional groups attached to an aromatic ring is 1. The van der Waals surface area contributed by atoms with Crippen LogP contribution >= 0.6 is 0 Å². The summed E-state index contributed by atoms with van der Waals surface area (Å²) in [6, 6.07) is 3.72. The molecule has 0 heterocycles. The molecule has 0 unspecified atom stereocenters. The molecule has 0 atom stereocenters. The Bertz CT molecular complexity index is 484. The van der Waals surface area contributed by atoms with Gasteiger partial charge >= 0.3 is 0 Å². The minimum atomic E-state index is -0.792. The predicted octanol–water partition coefficient (Wildman–Crippen LogP) is 1.78. The van der Waals surface area contributed by atoms with Crippen molar-refractivity contribution in [1.29, 1.82) is 0 Å². The molecule has 19 heavy (non-hydrogen) atoms. The van der Waals surface area contributed by atoms with Crippen molar-refractivity contribution in [3.8, 4) is 0 Å². The lowest BCUT2D eigenvalue weighted by molar-refractivity contribution is 0.0157. The van der Waals surface area contributed by atoms with Gasteiger partial charge < -0.3 is 15.7 Å². The fraction of sp³-hybridized carbons (Fsp3) is 0.500. The minimum Gasteiger partial charge on any atom is -0.398 e. The zero-order valence-electron chi connectivity index (χ0n) is 11.0. The van der Waals surface area contributed by atoms with Crippen molar-refractivity contribution in [2.24, 2.45) is 0 Å². The van der Waals surface area contributed by atoms with Gasteiger partial charge in [-0.3, -0.25) is 4.79 Å². The normalized spacial score (nSPS) is 17.4. The van der Waals surface area contributed by atoms with Crippen LogP contribution in [0.3, 0.4) is 0 Å². The first kappa shape index (κ1) is 13.8. The molecule has 0 spiro atoms. The maximum absolute atomic E-state index is 13.0. The predicted molar refractivity (Wildman–Crippen MR) is 71.2 cm³/mol. The Hall–Kier alpha value is -1.62. The molecule has 1 aromatic carbocycles. The number of hydrogen-bond acceptors (Lipinski definition) is 3. The number of halogens is 1. The standard InChI is InChI=1S/C14H19FN2O2/c1-17(9-14(19)6-2-3-7-14)13(18)11-5-4-10(15)8-12(11)16/h4-5,8,19H,2-3,6-7,9,16H2,1H3.